The minimum atomic E-state index is 0.269. The van der Waals surface area contributed by atoms with Crippen molar-refractivity contribution in [2.24, 2.45) is 10.7 Å². The predicted octanol–water partition coefficient (Wildman–Crippen LogP) is 1.61. The maximum absolute atomic E-state index is 5.76. The molecule has 0 aliphatic carbocycles. The van der Waals surface area contributed by atoms with Gasteiger partial charge in [0.25, 0.3) is 0 Å². The molecule has 0 aliphatic rings. The van der Waals surface area contributed by atoms with Crippen LogP contribution in [-0.4, -0.2) is 16.1 Å². The first kappa shape index (κ1) is 12.1. The molecule has 1 aromatic carbocycles. The molecule has 0 amide bonds. The third kappa shape index (κ3) is 3.31. The number of guanidine groups is 1. The van der Waals surface area contributed by atoms with Gasteiger partial charge in [0, 0.05) is 5.69 Å². The van der Waals surface area contributed by atoms with Crippen molar-refractivity contribution in [3.8, 4) is 0 Å². The maximum atomic E-state index is 5.76. The smallest absolute Gasteiger partial charge is 0.248 e. The number of hydrogen-bond donors (Lipinski definition) is 2. The highest BCUT2D eigenvalue weighted by Gasteiger charge is 2.01. The van der Waals surface area contributed by atoms with Gasteiger partial charge in [0.15, 0.2) is 11.8 Å². The molecule has 94 valence electrons. The Morgan fingerprint density at radius 3 is 2.94 bits per heavy atom. The largest absolute Gasteiger partial charge is 0.370 e. The Bertz CT molecular complexity index is 561. The molecule has 0 bridgehead atoms. The molecule has 18 heavy (non-hydrogen) atoms. The molecule has 0 saturated carbocycles. The van der Waals surface area contributed by atoms with E-state index >= 15 is 0 Å². The van der Waals surface area contributed by atoms with Gasteiger partial charge in [-0.15, -0.1) is 0 Å². The second-order valence-electron chi connectivity index (χ2n) is 3.93. The van der Waals surface area contributed by atoms with E-state index in [4.69, 9.17) is 10.3 Å². The highest BCUT2D eigenvalue weighted by Crippen LogP contribution is 2.09. The van der Waals surface area contributed by atoms with Gasteiger partial charge in [-0.3, -0.25) is 0 Å². The molecule has 6 heteroatoms. The summed E-state index contributed by atoms with van der Waals surface area (Å²) in [4.78, 5) is 8.16. The molecule has 0 saturated heterocycles. The number of aromatic nitrogens is 2. The van der Waals surface area contributed by atoms with E-state index in [-0.39, 0.29) is 6.54 Å². The molecule has 2 aromatic rings. The predicted molar refractivity (Wildman–Crippen MR) is 69.2 cm³/mol. The second kappa shape index (κ2) is 5.31. The summed E-state index contributed by atoms with van der Waals surface area (Å²) in [5, 5.41) is 6.67. The molecule has 6 nitrogen and oxygen atoms in total. The van der Waals surface area contributed by atoms with E-state index < -0.39 is 0 Å². The zero-order valence-corrected chi connectivity index (χ0v) is 10.3. The van der Waals surface area contributed by atoms with Crippen LogP contribution in [-0.2, 0) is 6.54 Å². The van der Waals surface area contributed by atoms with Crippen molar-refractivity contribution < 1.29 is 4.52 Å². The fraction of sp³-hybridized carbons (Fsp3) is 0.250. The van der Waals surface area contributed by atoms with Gasteiger partial charge in [-0.25, -0.2) is 4.99 Å². The minimum Gasteiger partial charge on any atom is -0.370 e. The molecule has 0 fully saturated rings. The molecular weight excluding hydrogens is 230 g/mol. The second-order valence-corrected chi connectivity index (χ2v) is 3.93. The Kier molecular flexibility index (Phi) is 3.57. The number of nitrogens with two attached hydrogens (primary N) is 1. The first-order valence-corrected chi connectivity index (χ1v) is 5.56. The minimum absolute atomic E-state index is 0.269. The van der Waals surface area contributed by atoms with E-state index in [0.29, 0.717) is 17.7 Å². The SMILES string of the molecule is Cc1cccc(NC(N)=NCc2nc(C)no2)c1. The monoisotopic (exact) mass is 245 g/mol. The highest BCUT2D eigenvalue weighted by atomic mass is 16.5. The fourth-order valence-corrected chi connectivity index (χ4v) is 1.47. The summed E-state index contributed by atoms with van der Waals surface area (Å²) < 4.78 is 4.93. The van der Waals surface area contributed by atoms with Gasteiger partial charge >= 0.3 is 0 Å². The average molecular weight is 245 g/mol. The van der Waals surface area contributed by atoms with Gasteiger partial charge in [0.2, 0.25) is 5.89 Å². The molecule has 0 radical (unpaired) electrons. The first-order valence-electron chi connectivity index (χ1n) is 5.56. The molecule has 3 N–H and O–H groups in total. The van der Waals surface area contributed by atoms with E-state index in [1.807, 2.05) is 31.2 Å². The van der Waals surface area contributed by atoms with Crippen molar-refractivity contribution in [3.05, 3.63) is 41.5 Å². The van der Waals surface area contributed by atoms with Crippen molar-refractivity contribution in [2.45, 2.75) is 20.4 Å². The Morgan fingerprint density at radius 1 is 1.44 bits per heavy atom. The summed E-state index contributed by atoms with van der Waals surface area (Å²) in [6.07, 6.45) is 0. The van der Waals surface area contributed by atoms with Gasteiger partial charge in [0.1, 0.15) is 6.54 Å². The summed E-state index contributed by atoms with van der Waals surface area (Å²) in [7, 11) is 0. The summed E-state index contributed by atoms with van der Waals surface area (Å²) in [5.74, 6) is 1.35. The molecule has 0 aliphatic heterocycles. The Morgan fingerprint density at radius 2 is 2.28 bits per heavy atom. The van der Waals surface area contributed by atoms with Crippen LogP contribution in [0.1, 0.15) is 17.3 Å². The lowest BCUT2D eigenvalue weighted by molar-refractivity contribution is 0.376. The maximum Gasteiger partial charge on any atom is 0.248 e. The lowest BCUT2D eigenvalue weighted by Crippen LogP contribution is -2.22. The van der Waals surface area contributed by atoms with Crippen LogP contribution < -0.4 is 11.1 Å². The van der Waals surface area contributed by atoms with Gasteiger partial charge in [0.05, 0.1) is 0 Å². The summed E-state index contributed by atoms with van der Waals surface area (Å²) in [6.45, 7) is 4.04. The highest BCUT2D eigenvalue weighted by molar-refractivity contribution is 5.92. The molecular formula is C12H15N5O. The number of anilines is 1. The Balaban J connectivity index is 1.97. The summed E-state index contributed by atoms with van der Waals surface area (Å²) >= 11 is 0. The van der Waals surface area contributed by atoms with Gasteiger partial charge in [-0.1, -0.05) is 17.3 Å². The van der Waals surface area contributed by atoms with Crippen molar-refractivity contribution in [2.75, 3.05) is 5.32 Å². The molecule has 1 heterocycles. The van der Waals surface area contributed by atoms with Crippen molar-refractivity contribution in [1.82, 2.24) is 10.1 Å². The molecule has 1 aromatic heterocycles. The number of nitrogens with one attached hydrogen (secondary N) is 1. The van der Waals surface area contributed by atoms with Crippen LogP contribution in [0.25, 0.3) is 0 Å². The lowest BCUT2D eigenvalue weighted by atomic mass is 10.2. The van der Waals surface area contributed by atoms with Gasteiger partial charge in [-0.05, 0) is 31.5 Å². The Labute approximate surface area is 105 Å². The third-order valence-corrected chi connectivity index (χ3v) is 2.24. The standard InChI is InChI=1S/C12H15N5O/c1-8-4-3-5-10(6-8)16-12(13)14-7-11-15-9(2)17-18-11/h3-6H,7H2,1-2H3,(H3,13,14,16). The molecule has 0 spiro atoms. The molecule has 2 rings (SSSR count). The van der Waals surface area contributed by atoms with E-state index in [2.05, 4.69) is 20.4 Å². The quantitative estimate of drug-likeness (QED) is 0.633. The van der Waals surface area contributed by atoms with Crippen LogP contribution in [0.2, 0.25) is 0 Å². The van der Waals surface area contributed by atoms with Crippen molar-refractivity contribution in [3.63, 3.8) is 0 Å². The van der Waals surface area contributed by atoms with Gasteiger partial charge in [-0.2, -0.15) is 4.98 Å². The van der Waals surface area contributed by atoms with E-state index in [1.165, 1.54) is 0 Å². The zero-order valence-electron chi connectivity index (χ0n) is 10.3. The van der Waals surface area contributed by atoms with Crippen LogP contribution in [0.3, 0.4) is 0 Å². The summed E-state index contributed by atoms with van der Waals surface area (Å²) in [5.41, 5.74) is 7.81. The molecule has 0 unspecified atom stereocenters. The summed E-state index contributed by atoms with van der Waals surface area (Å²) in [6, 6.07) is 7.87. The van der Waals surface area contributed by atoms with E-state index in [1.54, 1.807) is 6.92 Å². The van der Waals surface area contributed by atoms with Crippen LogP contribution in [0, 0.1) is 13.8 Å². The van der Waals surface area contributed by atoms with Crippen LogP contribution in [0.5, 0.6) is 0 Å². The lowest BCUT2D eigenvalue weighted by Gasteiger charge is -2.05. The Hall–Kier alpha value is -2.37. The topological polar surface area (TPSA) is 89.3 Å². The fourth-order valence-electron chi connectivity index (χ4n) is 1.47. The zero-order chi connectivity index (χ0) is 13.0. The average Bonchev–Trinajstić information content (AvgIpc) is 2.73. The van der Waals surface area contributed by atoms with Crippen LogP contribution in [0.4, 0.5) is 5.69 Å². The van der Waals surface area contributed by atoms with Crippen molar-refractivity contribution >= 4 is 11.6 Å². The first-order chi connectivity index (χ1) is 8.63. The van der Waals surface area contributed by atoms with Crippen LogP contribution in [0.15, 0.2) is 33.8 Å². The number of nitrogens with zero attached hydrogens (tertiary/aromatic N) is 3. The number of rotatable bonds is 3. The normalized spacial score (nSPS) is 11.6. The van der Waals surface area contributed by atoms with E-state index in [9.17, 15) is 0 Å². The van der Waals surface area contributed by atoms with E-state index in [0.717, 1.165) is 11.3 Å². The van der Waals surface area contributed by atoms with Crippen molar-refractivity contribution in [1.29, 1.82) is 0 Å². The third-order valence-electron chi connectivity index (χ3n) is 2.24. The number of aliphatic imine (C=N–C) groups is 1. The number of benzene rings is 1. The number of aryl methyl sites for hydroxylation is 2. The molecule has 0 atom stereocenters. The van der Waals surface area contributed by atoms with Crippen LogP contribution >= 0.6 is 0 Å². The number of hydrogen-bond acceptors (Lipinski definition) is 4. The van der Waals surface area contributed by atoms with Gasteiger partial charge < -0.3 is 15.6 Å².